The summed E-state index contributed by atoms with van der Waals surface area (Å²) in [4.78, 5) is 20.4. The number of hydroxylamine groups is 2. The Labute approximate surface area is 148 Å². The van der Waals surface area contributed by atoms with Gasteiger partial charge in [0.1, 0.15) is 11.5 Å². The van der Waals surface area contributed by atoms with Gasteiger partial charge in [-0.1, -0.05) is 18.5 Å². The maximum Gasteiger partial charge on any atom is 0.344 e. The van der Waals surface area contributed by atoms with Gasteiger partial charge in [0, 0.05) is 18.5 Å². The van der Waals surface area contributed by atoms with E-state index in [0.717, 1.165) is 69.6 Å². The molecule has 4 heterocycles. The van der Waals surface area contributed by atoms with Gasteiger partial charge < -0.3 is 14.7 Å². The molecule has 2 atom stereocenters. The Hall–Kier alpha value is -1.60. The smallest absolute Gasteiger partial charge is 0.344 e. The molecule has 0 aliphatic carbocycles. The quantitative estimate of drug-likeness (QED) is 0.801. The minimum absolute atomic E-state index is 0.0164. The van der Waals surface area contributed by atoms with E-state index in [1.807, 2.05) is 4.90 Å². The van der Waals surface area contributed by atoms with Crippen LogP contribution in [0.5, 0.6) is 0 Å². The summed E-state index contributed by atoms with van der Waals surface area (Å²) in [6.45, 7) is 5.52. The van der Waals surface area contributed by atoms with Crippen LogP contribution in [0.15, 0.2) is 10.6 Å². The number of hydrogen-bond acceptors (Lipinski definition) is 5. The molecule has 7 nitrogen and oxygen atoms in total. The van der Waals surface area contributed by atoms with Crippen molar-refractivity contribution in [2.45, 2.75) is 63.5 Å². The lowest BCUT2D eigenvalue weighted by atomic mass is 9.93. The summed E-state index contributed by atoms with van der Waals surface area (Å²) in [6.07, 6.45) is 6.09. The van der Waals surface area contributed by atoms with Gasteiger partial charge in [0.25, 0.3) is 0 Å². The molecular formula is C18H28N4O3. The van der Waals surface area contributed by atoms with E-state index in [4.69, 9.17) is 9.36 Å². The fourth-order valence-electron chi connectivity index (χ4n) is 4.17. The molecular weight excluding hydrogens is 320 g/mol. The normalized spacial score (nSPS) is 27.3. The van der Waals surface area contributed by atoms with Gasteiger partial charge >= 0.3 is 6.03 Å². The highest BCUT2D eigenvalue weighted by Crippen LogP contribution is 2.39. The summed E-state index contributed by atoms with van der Waals surface area (Å²) >= 11 is 0. The summed E-state index contributed by atoms with van der Waals surface area (Å²) in [7, 11) is 0. The van der Waals surface area contributed by atoms with Crippen molar-refractivity contribution < 1.29 is 14.2 Å². The third-order valence-electron chi connectivity index (χ3n) is 5.68. The van der Waals surface area contributed by atoms with Crippen molar-refractivity contribution in [3.63, 3.8) is 0 Å². The Morgan fingerprint density at radius 2 is 2.16 bits per heavy atom. The lowest BCUT2D eigenvalue weighted by Gasteiger charge is -2.28. The average Bonchev–Trinajstić information content (AvgIpc) is 3.23. The number of unbranched alkanes of at least 4 members (excludes halogenated alkanes) is 1. The number of aromatic nitrogens is 1. The van der Waals surface area contributed by atoms with Gasteiger partial charge in [-0.05, 0) is 45.2 Å². The molecule has 0 unspecified atom stereocenters. The predicted octanol–water partition coefficient (Wildman–Crippen LogP) is 2.81. The second-order valence-corrected chi connectivity index (χ2v) is 7.37. The van der Waals surface area contributed by atoms with E-state index in [0.29, 0.717) is 12.5 Å². The number of fused-ring (bicyclic) bond motifs is 2. The number of hydrogen-bond donors (Lipinski definition) is 1. The van der Waals surface area contributed by atoms with Gasteiger partial charge in [-0.2, -0.15) is 5.06 Å². The molecule has 0 spiro atoms. The van der Waals surface area contributed by atoms with Crippen molar-refractivity contribution in [3.8, 4) is 0 Å². The monoisotopic (exact) mass is 348 g/mol. The molecule has 3 fully saturated rings. The number of nitrogens with one attached hydrogen (secondary N) is 1. The molecule has 3 saturated heterocycles. The fourth-order valence-corrected chi connectivity index (χ4v) is 4.17. The van der Waals surface area contributed by atoms with Crippen molar-refractivity contribution >= 4 is 6.03 Å². The van der Waals surface area contributed by atoms with E-state index in [1.54, 1.807) is 5.06 Å². The Balaban J connectivity index is 1.44. The average molecular weight is 348 g/mol. The summed E-state index contributed by atoms with van der Waals surface area (Å²) in [5.74, 6) is 1.42. The lowest BCUT2D eigenvalue weighted by Crippen LogP contribution is -2.34. The molecule has 25 heavy (non-hydrogen) atoms. The van der Waals surface area contributed by atoms with E-state index in [2.05, 4.69) is 23.5 Å². The summed E-state index contributed by atoms with van der Waals surface area (Å²) < 4.78 is 5.64. The van der Waals surface area contributed by atoms with Crippen LogP contribution in [0.1, 0.15) is 68.9 Å². The largest absolute Gasteiger partial charge is 0.361 e. The van der Waals surface area contributed by atoms with Gasteiger partial charge in [0.05, 0.1) is 18.7 Å². The molecule has 138 valence electrons. The molecule has 1 aromatic rings. The van der Waals surface area contributed by atoms with Crippen LogP contribution in [0.4, 0.5) is 4.79 Å². The molecule has 3 aliphatic rings. The van der Waals surface area contributed by atoms with Gasteiger partial charge in [-0.25, -0.2) is 4.79 Å². The highest BCUT2D eigenvalue weighted by Gasteiger charge is 2.46. The van der Waals surface area contributed by atoms with E-state index in [9.17, 15) is 4.79 Å². The predicted molar refractivity (Wildman–Crippen MR) is 91.9 cm³/mol. The Morgan fingerprint density at radius 1 is 1.32 bits per heavy atom. The van der Waals surface area contributed by atoms with Gasteiger partial charge in [0.15, 0.2) is 0 Å². The highest BCUT2D eigenvalue weighted by atomic mass is 16.7. The zero-order valence-electron chi connectivity index (χ0n) is 14.9. The molecule has 0 radical (unpaired) electrons. The van der Waals surface area contributed by atoms with Crippen LogP contribution >= 0.6 is 0 Å². The maximum atomic E-state index is 12.7. The second kappa shape index (κ2) is 7.33. The summed E-state index contributed by atoms with van der Waals surface area (Å²) in [6, 6.07) is 2.25. The zero-order valence-corrected chi connectivity index (χ0v) is 14.9. The van der Waals surface area contributed by atoms with Crippen molar-refractivity contribution in [1.82, 2.24) is 20.4 Å². The van der Waals surface area contributed by atoms with Crippen LogP contribution in [0, 0.1) is 0 Å². The Morgan fingerprint density at radius 3 is 2.96 bits per heavy atom. The topological polar surface area (TPSA) is 70.8 Å². The summed E-state index contributed by atoms with van der Waals surface area (Å²) in [5.41, 5.74) is 0.899. The van der Waals surface area contributed by atoms with Crippen LogP contribution in [0.3, 0.4) is 0 Å². The van der Waals surface area contributed by atoms with Crippen LogP contribution in [0.25, 0.3) is 0 Å². The SMILES string of the molecule is CCCCON1C(=O)N2C[C@@H]1CC[C@H]2c1cc(C2CCNCC2)on1. The van der Waals surface area contributed by atoms with Crippen LogP contribution in [-0.2, 0) is 4.84 Å². The van der Waals surface area contributed by atoms with Crippen molar-refractivity contribution in [1.29, 1.82) is 0 Å². The zero-order chi connectivity index (χ0) is 17.2. The molecule has 1 N–H and O–H groups in total. The molecule has 4 rings (SSSR count). The first-order valence-electron chi connectivity index (χ1n) is 9.68. The van der Waals surface area contributed by atoms with Crippen LogP contribution < -0.4 is 5.32 Å². The molecule has 0 saturated carbocycles. The van der Waals surface area contributed by atoms with Crippen molar-refractivity contribution in [2.75, 3.05) is 26.2 Å². The molecule has 0 aromatic carbocycles. The van der Waals surface area contributed by atoms with Crippen molar-refractivity contribution in [2.24, 2.45) is 0 Å². The molecule has 3 aliphatic heterocycles. The van der Waals surface area contributed by atoms with Gasteiger partial charge in [-0.15, -0.1) is 0 Å². The number of rotatable bonds is 6. The number of carbonyl (C=O) groups is 1. The van der Waals surface area contributed by atoms with E-state index in [1.165, 1.54) is 0 Å². The van der Waals surface area contributed by atoms with E-state index < -0.39 is 0 Å². The fraction of sp³-hybridized carbons (Fsp3) is 0.778. The molecule has 1 aromatic heterocycles. The van der Waals surface area contributed by atoms with Crippen LogP contribution in [-0.4, -0.2) is 53.4 Å². The van der Waals surface area contributed by atoms with Crippen molar-refractivity contribution in [3.05, 3.63) is 17.5 Å². The molecule has 2 bridgehead atoms. The Bertz CT molecular complexity index is 599. The molecule has 7 heteroatoms. The van der Waals surface area contributed by atoms with Gasteiger partial charge in [0.2, 0.25) is 0 Å². The van der Waals surface area contributed by atoms with E-state index in [-0.39, 0.29) is 18.1 Å². The number of urea groups is 1. The van der Waals surface area contributed by atoms with Crippen LogP contribution in [0.2, 0.25) is 0 Å². The number of carbonyl (C=O) groups excluding carboxylic acids is 1. The number of piperidine rings is 2. The maximum absolute atomic E-state index is 12.7. The molecule has 2 amide bonds. The minimum atomic E-state index is -0.0185. The standard InChI is InChI=1S/C18H28N4O3/c1-2-3-10-24-22-14-4-5-16(21(12-14)18(22)23)15-11-17(25-20-15)13-6-8-19-9-7-13/h11,13-14,16,19H,2-10,12H2,1H3/t14-,16-/m0/s1. The second-order valence-electron chi connectivity index (χ2n) is 7.37. The third kappa shape index (κ3) is 3.27. The Kier molecular flexibility index (Phi) is 4.94. The first kappa shape index (κ1) is 16.8. The lowest BCUT2D eigenvalue weighted by molar-refractivity contribution is -0.130. The first-order chi connectivity index (χ1) is 12.3. The van der Waals surface area contributed by atoms with E-state index >= 15 is 0 Å². The summed E-state index contributed by atoms with van der Waals surface area (Å²) in [5, 5.41) is 9.29. The highest BCUT2D eigenvalue weighted by molar-refractivity contribution is 5.77. The number of nitrogens with zero attached hydrogens (tertiary/aromatic N) is 3. The third-order valence-corrected chi connectivity index (χ3v) is 5.68. The number of amides is 2. The van der Waals surface area contributed by atoms with Gasteiger partial charge in [-0.3, -0.25) is 4.84 Å². The minimum Gasteiger partial charge on any atom is -0.361 e. The first-order valence-corrected chi connectivity index (χ1v) is 9.68.